The lowest BCUT2D eigenvalue weighted by Crippen LogP contribution is -2.17. The van der Waals surface area contributed by atoms with Gasteiger partial charge in [-0.15, -0.1) is 0 Å². The number of benzene rings is 1. The van der Waals surface area contributed by atoms with E-state index in [0.717, 1.165) is 31.6 Å². The Morgan fingerprint density at radius 2 is 2.24 bits per heavy atom. The summed E-state index contributed by atoms with van der Waals surface area (Å²) in [5, 5.41) is 0. The maximum atomic E-state index is 6.12. The minimum absolute atomic E-state index is 0.182. The van der Waals surface area contributed by atoms with Crippen molar-refractivity contribution in [1.29, 1.82) is 0 Å². The molecule has 1 aromatic carbocycles. The van der Waals surface area contributed by atoms with Gasteiger partial charge in [-0.25, -0.2) is 0 Å². The van der Waals surface area contributed by atoms with E-state index in [0.29, 0.717) is 6.61 Å². The summed E-state index contributed by atoms with van der Waals surface area (Å²) in [5.74, 6) is 0.928. The van der Waals surface area contributed by atoms with E-state index in [-0.39, 0.29) is 6.04 Å². The first-order chi connectivity index (χ1) is 8.31. The number of hydrogen-bond acceptors (Lipinski definition) is 3. The summed E-state index contributed by atoms with van der Waals surface area (Å²) in [4.78, 5) is 0. The highest BCUT2D eigenvalue weighted by Crippen LogP contribution is 2.30. The first-order valence-corrected chi connectivity index (χ1v) is 6.31. The van der Waals surface area contributed by atoms with Gasteiger partial charge in [0.15, 0.2) is 0 Å². The Balaban J connectivity index is 1.97. The van der Waals surface area contributed by atoms with Crippen molar-refractivity contribution in [2.24, 2.45) is 5.73 Å². The highest BCUT2D eigenvalue weighted by molar-refractivity contribution is 5.39. The zero-order valence-corrected chi connectivity index (χ0v) is 10.4. The molecule has 2 N–H and O–H groups in total. The third-order valence-electron chi connectivity index (χ3n) is 3.24. The van der Waals surface area contributed by atoms with Crippen molar-refractivity contribution in [3.8, 4) is 5.75 Å². The van der Waals surface area contributed by atoms with Gasteiger partial charge in [0.05, 0.1) is 6.61 Å². The largest absolute Gasteiger partial charge is 0.493 e. The molecule has 1 aliphatic carbocycles. The second-order valence-corrected chi connectivity index (χ2v) is 4.55. The minimum atomic E-state index is 0.182. The molecule has 2 rings (SSSR count). The van der Waals surface area contributed by atoms with Gasteiger partial charge in [0, 0.05) is 26.2 Å². The van der Waals surface area contributed by atoms with Gasteiger partial charge in [-0.1, -0.05) is 6.07 Å². The molecule has 94 valence electrons. The van der Waals surface area contributed by atoms with Crippen molar-refractivity contribution in [2.75, 3.05) is 20.3 Å². The standard InChI is InChI=1S/C14H21NO2/c1-16-8-3-9-17-12-7-6-11-4-2-5-14(15)13(11)10-12/h6-7,10,14H,2-5,8-9,15H2,1H3/t14-/m1/s1. The Kier molecular flexibility index (Phi) is 4.40. The highest BCUT2D eigenvalue weighted by atomic mass is 16.5. The number of methoxy groups -OCH3 is 1. The summed E-state index contributed by atoms with van der Waals surface area (Å²) >= 11 is 0. The van der Waals surface area contributed by atoms with E-state index in [1.54, 1.807) is 7.11 Å². The van der Waals surface area contributed by atoms with Gasteiger partial charge in [0.1, 0.15) is 5.75 Å². The lowest BCUT2D eigenvalue weighted by Gasteiger charge is -2.22. The molecule has 0 saturated carbocycles. The summed E-state index contributed by atoms with van der Waals surface area (Å²) in [6.45, 7) is 1.44. The first-order valence-electron chi connectivity index (χ1n) is 6.31. The smallest absolute Gasteiger partial charge is 0.119 e. The topological polar surface area (TPSA) is 44.5 Å². The van der Waals surface area contributed by atoms with Crippen LogP contribution in [0, 0.1) is 0 Å². The number of hydrogen-bond donors (Lipinski definition) is 1. The van der Waals surface area contributed by atoms with Crippen LogP contribution in [0.4, 0.5) is 0 Å². The van der Waals surface area contributed by atoms with Crippen LogP contribution in [0.15, 0.2) is 18.2 Å². The fourth-order valence-electron chi connectivity index (χ4n) is 2.30. The normalized spacial score (nSPS) is 18.8. The maximum absolute atomic E-state index is 6.12. The zero-order chi connectivity index (χ0) is 12.1. The molecule has 0 saturated heterocycles. The molecular weight excluding hydrogens is 214 g/mol. The number of aryl methyl sites for hydroxylation is 1. The van der Waals surface area contributed by atoms with Crippen molar-refractivity contribution in [3.63, 3.8) is 0 Å². The highest BCUT2D eigenvalue weighted by Gasteiger charge is 2.17. The van der Waals surface area contributed by atoms with Crippen LogP contribution >= 0.6 is 0 Å². The van der Waals surface area contributed by atoms with Crippen molar-refractivity contribution < 1.29 is 9.47 Å². The van der Waals surface area contributed by atoms with Crippen LogP contribution in [0.3, 0.4) is 0 Å². The van der Waals surface area contributed by atoms with Gasteiger partial charge in [-0.2, -0.15) is 0 Å². The Labute approximate surface area is 103 Å². The molecule has 0 heterocycles. The van der Waals surface area contributed by atoms with E-state index >= 15 is 0 Å². The maximum Gasteiger partial charge on any atom is 0.119 e. The molecule has 1 aromatic rings. The van der Waals surface area contributed by atoms with Gasteiger partial charge >= 0.3 is 0 Å². The molecule has 0 aromatic heterocycles. The van der Waals surface area contributed by atoms with E-state index in [4.69, 9.17) is 15.2 Å². The SMILES string of the molecule is COCCCOc1ccc2c(c1)[C@H](N)CCC2. The molecule has 3 heteroatoms. The Bertz CT molecular complexity index is 365. The lowest BCUT2D eigenvalue weighted by atomic mass is 9.88. The van der Waals surface area contributed by atoms with Gasteiger partial charge < -0.3 is 15.2 Å². The Morgan fingerprint density at radius 3 is 3.06 bits per heavy atom. The molecule has 0 fully saturated rings. The van der Waals surface area contributed by atoms with Crippen molar-refractivity contribution in [1.82, 2.24) is 0 Å². The van der Waals surface area contributed by atoms with Crippen LogP contribution < -0.4 is 10.5 Å². The predicted molar refractivity (Wildman–Crippen MR) is 68.3 cm³/mol. The summed E-state index contributed by atoms with van der Waals surface area (Å²) in [6, 6.07) is 6.48. The summed E-state index contributed by atoms with van der Waals surface area (Å²) < 4.78 is 10.7. The van der Waals surface area contributed by atoms with Gasteiger partial charge in [0.2, 0.25) is 0 Å². The molecule has 0 bridgehead atoms. The van der Waals surface area contributed by atoms with Crippen LogP contribution in [0.2, 0.25) is 0 Å². The van der Waals surface area contributed by atoms with E-state index in [1.165, 1.54) is 17.5 Å². The molecule has 17 heavy (non-hydrogen) atoms. The monoisotopic (exact) mass is 235 g/mol. The fourth-order valence-corrected chi connectivity index (χ4v) is 2.30. The van der Waals surface area contributed by atoms with Crippen molar-refractivity contribution in [3.05, 3.63) is 29.3 Å². The van der Waals surface area contributed by atoms with Crippen molar-refractivity contribution >= 4 is 0 Å². The number of fused-ring (bicyclic) bond motifs is 1. The average molecular weight is 235 g/mol. The number of rotatable bonds is 5. The molecule has 0 unspecified atom stereocenters. The van der Waals surface area contributed by atoms with E-state index in [1.807, 2.05) is 6.07 Å². The number of ether oxygens (including phenoxy) is 2. The first kappa shape index (κ1) is 12.4. The van der Waals surface area contributed by atoms with Crippen LogP contribution in [0.25, 0.3) is 0 Å². The second kappa shape index (κ2) is 6.03. The minimum Gasteiger partial charge on any atom is -0.493 e. The molecule has 0 amide bonds. The van der Waals surface area contributed by atoms with E-state index in [2.05, 4.69) is 12.1 Å². The molecular formula is C14H21NO2. The summed E-state index contributed by atoms with van der Waals surface area (Å²) in [7, 11) is 1.71. The van der Waals surface area contributed by atoms with Crippen molar-refractivity contribution in [2.45, 2.75) is 31.7 Å². The van der Waals surface area contributed by atoms with E-state index < -0.39 is 0 Å². The third kappa shape index (κ3) is 3.20. The number of nitrogens with two attached hydrogens (primary N) is 1. The van der Waals surface area contributed by atoms with Crippen LogP contribution in [-0.4, -0.2) is 20.3 Å². The van der Waals surface area contributed by atoms with Gasteiger partial charge in [-0.3, -0.25) is 0 Å². The van der Waals surface area contributed by atoms with Crippen LogP contribution in [-0.2, 0) is 11.2 Å². The Hall–Kier alpha value is -1.06. The van der Waals surface area contributed by atoms with Crippen LogP contribution in [0.1, 0.15) is 36.4 Å². The third-order valence-corrected chi connectivity index (χ3v) is 3.24. The summed E-state index contributed by atoms with van der Waals surface area (Å²) in [5.41, 5.74) is 8.76. The average Bonchev–Trinajstić information content (AvgIpc) is 2.36. The lowest BCUT2D eigenvalue weighted by molar-refractivity contribution is 0.172. The van der Waals surface area contributed by atoms with Crippen LogP contribution in [0.5, 0.6) is 5.75 Å². The van der Waals surface area contributed by atoms with Gasteiger partial charge in [-0.05, 0) is 42.5 Å². The molecule has 3 nitrogen and oxygen atoms in total. The molecule has 0 aliphatic heterocycles. The quantitative estimate of drug-likeness (QED) is 0.797. The molecule has 0 spiro atoms. The predicted octanol–water partition coefficient (Wildman–Crippen LogP) is 2.44. The van der Waals surface area contributed by atoms with E-state index in [9.17, 15) is 0 Å². The summed E-state index contributed by atoms with van der Waals surface area (Å²) in [6.07, 6.45) is 4.34. The molecule has 1 aliphatic rings. The zero-order valence-electron chi connectivity index (χ0n) is 10.4. The Morgan fingerprint density at radius 1 is 1.35 bits per heavy atom. The van der Waals surface area contributed by atoms with Gasteiger partial charge in [0.25, 0.3) is 0 Å². The molecule has 0 radical (unpaired) electrons. The fraction of sp³-hybridized carbons (Fsp3) is 0.571. The second-order valence-electron chi connectivity index (χ2n) is 4.55. The molecule has 1 atom stereocenters.